The lowest BCUT2D eigenvalue weighted by Gasteiger charge is -2.18. The van der Waals surface area contributed by atoms with Crippen LogP contribution < -0.4 is 10.6 Å². The number of halogens is 1. The molecule has 0 saturated carbocycles. The molecular weight excluding hydrogens is 252 g/mol. The maximum atomic E-state index is 5.92. The number of anilines is 1. The summed E-state index contributed by atoms with van der Waals surface area (Å²) in [6.45, 7) is 1.46. The largest absolute Gasteiger partial charge is 0.369 e. The van der Waals surface area contributed by atoms with Crippen molar-refractivity contribution in [3.8, 4) is 0 Å². The predicted octanol–water partition coefficient (Wildman–Crippen LogP) is 3.50. The Hall–Kier alpha value is -1.03. The summed E-state index contributed by atoms with van der Waals surface area (Å²) in [5.41, 5.74) is 7.92. The first-order valence-electron chi connectivity index (χ1n) is 5.43. The van der Waals surface area contributed by atoms with Gasteiger partial charge in [0.05, 0.1) is 10.9 Å². The highest BCUT2D eigenvalue weighted by molar-refractivity contribution is 7.16. The Bertz CT molecular complexity index is 478. The van der Waals surface area contributed by atoms with Crippen molar-refractivity contribution in [1.82, 2.24) is 0 Å². The standard InChI is InChI=1S/C13H15ClN2S/c1-16(9-12-6-7-13(14)17-12)11-4-2-10(8-15)3-5-11/h2-7H,8-9,15H2,1H3. The smallest absolute Gasteiger partial charge is 0.0931 e. The van der Waals surface area contributed by atoms with E-state index < -0.39 is 0 Å². The number of thiophene rings is 1. The van der Waals surface area contributed by atoms with Crippen LogP contribution in [-0.4, -0.2) is 7.05 Å². The van der Waals surface area contributed by atoms with Gasteiger partial charge in [-0.15, -0.1) is 11.3 Å². The topological polar surface area (TPSA) is 29.3 Å². The van der Waals surface area contributed by atoms with E-state index in [0.717, 1.165) is 16.4 Å². The lowest BCUT2D eigenvalue weighted by Crippen LogP contribution is -2.15. The summed E-state index contributed by atoms with van der Waals surface area (Å²) in [6, 6.07) is 12.3. The fourth-order valence-corrected chi connectivity index (χ4v) is 2.79. The van der Waals surface area contributed by atoms with Crippen LogP contribution in [0.25, 0.3) is 0 Å². The second kappa shape index (κ2) is 5.54. The Kier molecular flexibility index (Phi) is 4.05. The minimum atomic E-state index is 0.588. The van der Waals surface area contributed by atoms with Crippen molar-refractivity contribution in [1.29, 1.82) is 0 Å². The molecule has 0 aliphatic heterocycles. The van der Waals surface area contributed by atoms with Gasteiger partial charge in [0, 0.05) is 24.2 Å². The van der Waals surface area contributed by atoms with Crippen molar-refractivity contribution in [3.05, 3.63) is 51.2 Å². The molecule has 0 spiro atoms. The summed E-state index contributed by atoms with van der Waals surface area (Å²) in [7, 11) is 2.07. The summed E-state index contributed by atoms with van der Waals surface area (Å²) < 4.78 is 0.840. The molecule has 2 rings (SSSR count). The highest BCUT2D eigenvalue weighted by atomic mass is 35.5. The lowest BCUT2D eigenvalue weighted by atomic mass is 10.2. The molecular formula is C13H15ClN2S. The molecule has 0 unspecified atom stereocenters. The third-order valence-electron chi connectivity index (χ3n) is 2.63. The van der Waals surface area contributed by atoms with E-state index in [1.165, 1.54) is 10.6 Å². The summed E-state index contributed by atoms with van der Waals surface area (Å²) in [5.74, 6) is 0. The highest BCUT2D eigenvalue weighted by Gasteiger charge is 2.04. The van der Waals surface area contributed by atoms with Gasteiger partial charge in [-0.1, -0.05) is 23.7 Å². The fourth-order valence-electron chi connectivity index (χ4n) is 1.65. The van der Waals surface area contributed by atoms with E-state index in [1.54, 1.807) is 11.3 Å². The van der Waals surface area contributed by atoms with E-state index in [2.05, 4.69) is 42.3 Å². The second-order valence-corrected chi connectivity index (χ2v) is 5.73. The molecule has 2 aromatic rings. The molecule has 0 fully saturated rings. The van der Waals surface area contributed by atoms with E-state index in [1.807, 2.05) is 6.07 Å². The molecule has 17 heavy (non-hydrogen) atoms. The molecule has 90 valence electrons. The summed E-state index contributed by atoms with van der Waals surface area (Å²) in [5, 5.41) is 0. The number of hydrogen-bond acceptors (Lipinski definition) is 3. The first-order chi connectivity index (χ1) is 8.19. The summed E-state index contributed by atoms with van der Waals surface area (Å²) in [4.78, 5) is 3.46. The van der Waals surface area contributed by atoms with Gasteiger partial charge in [-0.05, 0) is 29.8 Å². The zero-order chi connectivity index (χ0) is 12.3. The quantitative estimate of drug-likeness (QED) is 0.918. The van der Waals surface area contributed by atoms with Crippen molar-refractivity contribution in [2.24, 2.45) is 5.73 Å². The summed E-state index contributed by atoms with van der Waals surface area (Å²) >= 11 is 7.54. The Balaban J connectivity index is 2.06. The molecule has 0 amide bonds. The van der Waals surface area contributed by atoms with Crippen molar-refractivity contribution in [2.75, 3.05) is 11.9 Å². The van der Waals surface area contributed by atoms with Crippen LogP contribution in [0, 0.1) is 0 Å². The van der Waals surface area contributed by atoms with Crippen LogP contribution in [-0.2, 0) is 13.1 Å². The molecule has 1 aromatic carbocycles. The Morgan fingerprint density at radius 2 is 1.88 bits per heavy atom. The van der Waals surface area contributed by atoms with Crippen molar-refractivity contribution < 1.29 is 0 Å². The average Bonchev–Trinajstić information content (AvgIpc) is 2.75. The molecule has 1 heterocycles. The van der Waals surface area contributed by atoms with Gasteiger partial charge in [-0.25, -0.2) is 0 Å². The molecule has 0 atom stereocenters. The lowest BCUT2D eigenvalue weighted by molar-refractivity contribution is 0.938. The van der Waals surface area contributed by atoms with Crippen LogP contribution in [0.1, 0.15) is 10.4 Å². The molecule has 0 bridgehead atoms. The maximum Gasteiger partial charge on any atom is 0.0931 e. The maximum absolute atomic E-state index is 5.92. The van der Waals surface area contributed by atoms with Gasteiger partial charge in [0.1, 0.15) is 0 Å². The minimum Gasteiger partial charge on any atom is -0.369 e. The average molecular weight is 267 g/mol. The molecule has 0 aliphatic rings. The van der Waals surface area contributed by atoms with Gasteiger partial charge in [-0.2, -0.15) is 0 Å². The van der Waals surface area contributed by atoms with E-state index in [4.69, 9.17) is 17.3 Å². The van der Waals surface area contributed by atoms with Gasteiger partial charge in [-0.3, -0.25) is 0 Å². The van der Waals surface area contributed by atoms with Gasteiger partial charge < -0.3 is 10.6 Å². The second-order valence-electron chi connectivity index (χ2n) is 3.93. The number of nitrogens with zero attached hydrogens (tertiary/aromatic N) is 1. The normalized spacial score (nSPS) is 10.5. The van der Waals surface area contributed by atoms with E-state index >= 15 is 0 Å². The Morgan fingerprint density at radius 3 is 2.41 bits per heavy atom. The van der Waals surface area contributed by atoms with Gasteiger partial charge in [0.2, 0.25) is 0 Å². The first-order valence-corrected chi connectivity index (χ1v) is 6.63. The summed E-state index contributed by atoms with van der Waals surface area (Å²) in [6.07, 6.45) is 0. The zero-order valence-electron chi connectivity index (χ0n) is 9.69. The van der Waals surface area contributed by atoms with Crippen molar-refractivity contribution in [3.63, 3.8) is 0 Å². The molecule has 1 aromatic heterocycles. The molecule has 0 saturated heterocycles. The molecule has 0 radical (unpaired) electrons. The van der Waals surface area contributed by atoms with E-state index in [9.17, 15) is 0 Å². The minimum absolute atomic E-state index is 0.588. The van der Waals surface area contributed by atoms with Crippen molar-refractivity contribution in [2.45, 2.75) is 13.1 Å². The van der Waals surface area contributed by atoms with Gasteiger partial charge in [0.15, 0.2) is 0 Å². The zero-order valence-corrected chi connectivity index (χ0v) is 11.3. The Morgan fingerprint density at radius 1 is 1.18 bits per heavy atom. The third-order valence-corrected chi connectivity index (χ3v) is 3.85. The fraction of sp³-hybridized carbons (Fsp3) is 0.231. The number of hydrogen-bond donors (Lipinski definition) is 1. The first kappa shape index (κ1) is 12.4. The van der Waals surface area contributed by atoms with Crippen LogP contribution in [0.5, 0.6) is 0 Å². The monoisotopic (exact) mass is 266 g/mol. The number of nitrogens with two attached hydrogens (primary N) is 1. The molecule has 2 N–H and O–H groups in total. The van der Waals surface area contributed by atoms with E-state index in [-0.39, 0.29) is 0 Å². The SMILES string of the molecule is CN(Cc1ccc(Cl)s1)c1ccc(CN)cc1. The number of benzene rings is 1. The predicted molar refractivity (Wildman–Crippen MR) is 75.8 cm³/mol. The molecule has 4 heteroatoms. The van der Waals surface area contributed by atoms with Crippen LogP contribution in [0.3, 0.4) is 0 Å². The van der Waals surface area contributed by atoms with Crippen LogP contribution in [0.2, 0.25) is 4.34 Å². The molecule has 2 nitrogen and oxygen atoms in total. The highest BCUT2D eigenvalue weighted by Crippen LogP contribution is 2.24. The van der Waals surface area contributed by atoms with E-state index in [0.29, 0.717) is 6.54 Å². The van der Waals surface area contributed by atoms with Crippen molar-refractivity contribution >= 4 is 28.6 Å². The van der Waals surface area contributed by atoms with Crippen LogP contribution in [0.4, 0.5) is 5.69 Å². The van der Waals surface area contributed by atoms with Crippen LogP contribution >= 0.6 is 22.9 Å². The third kappa shape index (κ3) is 3.22. The van der Waals surface area contributed by atoms with Gasteiger partial charge in [0.25, 0.3) is 0 Å². The Labute approximate surface area is 111 Å². The van der Waals surface area contributed by atoms with Crippen LogP contribution in [0.15, 0.2) is 36.4 Å². The van der Waals surface area contributed by atoms with Gasteiger partial charge >= 0.3 is 0 Å². The number of rotatable bonds is 4. The molecule has 0 aliphatic carbocycles.